The number of nitrogens with zero attached hydrogens (tertiary/aromatic N) is 3. The van der Waals surface area contributed by atoms with Gasteiger partial charge in [0.15, 0.2) is 18.2 Å². The van der Waals surface area contributed by atoms with E-state index >= 15 is 4.39 Å². The normalized spacial score (nSPS) is 15.1. The monoisotopic (exact) mass is 400 g/mol. The summed E-state index contributed by atoms with van der Waals surface area (Å²) in [7, 11) is 1.35. The molecule has 9 heteroatoms. The van der Waals surface area contributed by atoms with E-state index in [-0.39, 0.29) is 41.2 Å². The second-order valence-corrected chi connectivity index (χ2v) is 6.84. The summed E-state index contributed by atoms with van der Waals surface area (Å²) < 4.78 is 31.3. The van der Waals surface area contributed by atoms with Gasteiger partial charge in [-0.2, -0.15) is 0 Å². The Kier molecular flexibility index (Phi) is 5.41. The molecule has 1 aliphatic rings. The van der Waals surface area contributed by atoms with Gasteiger partial charge in [0.05, 0.1) is 18.1 Å². The number of aliphatic hydroxyl groups excluding tert-OH is 1. The fraction of sp³-hybridized carbons (Fsp3) is 0.350. The molecule has 0 amide bonds. The molecule has 3 aromatic rings. The average Bonchev–Trinajstić information content (AvgIpc) is 3.16. The zero-order valence-electron chi connectivity index (χ0n) is 15.8. The highest BCUT2D eigenvalue weighted by Crippen LogP contribution is 2.44. The van der Waals surface area contributed by atoms with Crippen LogP contribution in [0, 0.1) is 5.82 Å². The maximum Gasteiger partial charge on any atom is 0.232 e. The number of aliphatic hydroxyl groups is 1. The molecule has 3 N–H and O–H groups in total. The Labute approximate surface area is 166 Å². The van der Waals surface area contributed by atoms with Crippen LogP contribution in [0.5, 0.6) is 5.75 Å². The minimum absolute atomic E-state index is 0.0933. The zero-order valence-corrected chi connectivity index (χ0v) is 15.8. The maximum absolute atomic E-state index is 15.4. The van der Waals surface area contributed by atoms with Crippen molar-refractivity contribution in [2.45, 2.75) is 38.1 Å². The standard InChI is InChI=1S/C20H21FN4O4/c1-27-20(26)15-9-28-17(25-15)10-29-19-12(11-3-2-4-11)5-6-13(18(19)21)14-7-24-16(22)8-23-14/h5-9,11,20,26H,2-4,10H2,1H3,(H2,22,24). The van der Waals surface area contributed by atoms with E-state index in [0.717, 1.165) is 24.8 Å². The second kappa shape index (κ2) is 8.14. The molecule has 0 saturated heterocycles. The van der Waals surface area contributed by atoms with E-state index in [1.807, 2.05) is 6.07 Å². The highest BCUT2D eigenvalue weighted by Gasteiger charge is 2.27. The van der Waals surface area contributed by atoms with Gasteiger partial charge in [-0.25, -0.2) is 14.4 Å². The molecule has 1 aromatic carbocycles. The van der Waals surface area contributed by atoms with Crippen LogP contribution in [-0.4, -0.2) is 27.2 Å². The molecule has 29 heavy (non-hydrogen) atoms. The maximum atomic E-state index is 15.4. The number of nitrogens with two attached hydrogens (primary N) is 1. The molecular formula is C20H21FN4O4. The first kappa shape index (κ1) is 19.3. The SMILES string of the molecule is COC(O)c1coc(COc2c(C3CCC3)ccc(-c3cnc(N)cn3)c2F)n1. The van der Waals surface area contributed by atoms with Gasteiger partial charge in [0.2, 0.25) is 12.2 Å². The van der Waals surface area contributed by atoms with E-state index < -0.39 is 12.1 Å². The molecular weight excluding hydrogens is 379 g/mol. The van der Waals surface area contributed by atoms with Crippen molar-refractivity contribution >= 4 is 5.82 Å². The largest absolute Gasteiger partial charge is 0.480 e. The van der Waals surface area contributed by atoms with Crippen LogP contribution >= 0.6 is 0 Å². The number of nitrogen functional groups attached to an aromatic ring is 1. The highest BCUT2D eigenvalue weighted by molar-refractivity contribution is 5.64. The lowest BCUT2D eigenvalue weighted by Crippen LogP contribution is -2.12. The van der Waals surface area contributed by atoms with Crippen molar-refractivity contribution in [1.29, 1.82) is 0 Å². The molecule has 2 aromatic heterocycles. The van der Waals surface area contributed by atoms with Gasteiger partial charge < -0.3 is 24.7 Å². The molecule has 4 rings (SSSR count). The molecule has 152 valence electrons. The molecule has 0 aliphatic heterocycles. The van der Waals surface area contributed by atoms with Gasteiger partial charge in [0.1, 0.15) is 17.8 Å². The first-order valence-electron chi connectivity index (χ1n) is 9.25. The van der Waals surface area contributed by atoms with Crippen LogP contribution < -0.4 is 10.5 Å². The van der Waals surface area contributed by atoms with Crippen molar-refractivity contribution in [3.05, 3.63) is 53.8 Å². The Bertz CT molecular complexity index is 989. The van der Waals surface area contributed by atoms with Crippen LogP contribution in [0.2, 0.25) is 0 Å². The topological polar surface area (TPSA) is 117 Å². The van der Waals surface area contributed by atoms with Crippen LogP contribution in [0.1, 0.15) is 48.6 Å². The number of aromatic nitrogens is 3. The predicted molar refractivity (Wildman–Crippen MR) is 101 cm³/mol. The van der Waals surface area contributed by atoms with E-state index in [0.29, 0.717) is 5.69 Å². The Morgan fingerprint density at radius 1 is 1.31 bits per heavy atom. The minimum atomic E-state index is -1.19. The van der Waals surface area contributed by atoms with Crippen LogP contribution in [-0.2, 0) is 11.3 Å². The molecule has 1 saturated carbocycles. The zero-order chi connectivity index (χ0) is 20.4. The molecule has 1 atom stereocenters. The minimum Gasteiger partial charge on any atom is -0.480 e. The number of benzene rings is 1. The summed E-state index contributed by atoms with van der Waals surface area (Å²) in [6.07, 6.45) is 5.96. The number of methoxy groups -OCH3 is 1. The summed E-state index contributed by atoms with van der Waals surface area (Å²) in [6.45, 7) is -0.0933. The molecule has 1 unspecified atom stereocenters. The van der Waals surface area contributed by atoms with Gasteiger partial charge in [-0.05, 0) is 24.8 Å². The Balaban J connectivity index is 1.63. The summed E-state index contributed by atoms with van der Waals surface area (Å²) in [5, 5.41) is 9.64. The van der Waals surface area contributed by atoms with Crippen molar-refractivity contribution < 1.29 is 23.4 Å². The van der Waals surface area contributed by atoms with Crippen molar-refractivity contribution in [3.63, 3.8) is 0 Å². The van der Waals surface area contributed by atoms with Crippen molar-refractivity contribution in [3.8, 4) is 17.0 Å². The smallest absolute Gasteiger partial charge is 0.232 e. The quantitative estimate of drug-likeness (QED) is 0.580. The fourth-order valence-corrected chi connectivity index (χ4v) is 3.19. The third kappa shape index (κ3) is 3.92. The van der Waals surface area contributed by atoms with Gasteiger partial charge in [0, 0.05) is 18.2 Å². The first-order valence-corrected chi connectivity index (χ1v) is 9.25. The van der Waals surface area contributed by atoms with Crippen LogP contribution in [0.15, 0.2) is 35.2 Å². The van der Waals surface area contributed by atoms with Crippen molar-refractivity contribution in [2.24, 2.45) is 0 Å². The number of ether oxygens (including phenoxy) is 2. The van der Waals surface area contributed by atoms with E-state index in [4.69, 9.17) is 19.6 Å². The molecule has 2 heterocycles. The van der Waals surface area contributed by atoms with Crippen LogP contribution in [0.25, 0.3) is 11.3 Å². The molecule has 0 radical (unpaired) electrons. The Morgan fingerprint density at radius 3 is 2.79 bits per heavy atom. The van der Waals surface area contributed by atoms with E-state index in [1.165, 1.54) is 25.8 Å². The summed E-state index contributed by atoms with van der Waals surface area (Å²) >= 11 is 0. The third-order valence-corrected chi connectivity index (χ3v) is 5.01. The average molecular weight is 400 g/mol. The first-order chi connectivity index (χ1) is 14.1. The predicted octanol–water partition coefficient (Wildman–Crippen LogP) is 3.34. The Hall–Kier alpha value is -3.04. The summed E-state index contributed by atoms with van der Waals surface area (Å²) in [6, 6.07) is 3.56. The second-order valence-electron chi connectivity index (χ2n) is 6.84. The molecule has 0 bridgehead atoms. The molecule has 1 aliphatic carbocycles. The third-order valence-electron chi connectivity index (χ3n) is 5.01. The number of rotatable bonds is 7. The number of oxazole rings is 1. The van der Waals surface area contributed by atoms with Gasteiger partial charge in [-0.1, -0.05) is 12.5 Å². The van der Waals surface area contributed by atoms with Gasteiger partial charge in [-0.3, -0.25) is 4.98 Å². The van der Waals surface area contributed by atoms with Crippen LogP contribution in [0.4, 0.5) is 10.2 Å². The number of anilines is 1. The lowest BCUT2D eigenvalue weighted by atomic mass is 9.79. The van der Waals surface area contributed by atoms with Gasteiger partial charge in [-0.15, -0.1) is 0 Å². The van der Waals surface area contributed by atoms with E-state index in [1.54, 1.807) is 6.07 Å². The van der Waals surface area contributed by atoms with E-state index in [9.17, 15) is 5.11 Å². The van der Waals surface area contributed by atoms with E-state index in [2.05, 4.69) is 15.0 Å². The summed E-state index contributed by atoms with van der Waals surface area (Å²) in [5.41, 5.74) is 7.24. The lowest BCUT2D eigenvalue weighted by Gasteiger charge is -2.28. The number of hydrogen-bond acceptors (Lipinski definition) is 8. The molecule has 8 nitrogen and oxygen atoms in total. The summed E-state index contributed by atoms with van der Waals surface area (Å²) in [5.74, 6) is 0.346. The molecule has 0 spiro atoms. The van der Waals surface area contributed by atoms with Crippen molar-refractivity contribution in [2.75, 3.05) is 12.8 Å². The number of hydrogen-bond donors (Lipinski definition) is 2. The molecule has 1 fully saturated rings. The number of halogens is 1. The van der Waals surface area contributed by atoms with Crippen LogP contribution in [0.3, 0.4) is 0 Å². The summed E-state index contributed by atoms with van der Waals surface area (Å²) in [4.78, 5) is 12.2. The van der Waals surface area contributed by atoms with Gasteiger partial charge >= 0.3 is 0 Å². The lowest BCUT2D eigenvalue weighted by molar-refractivity contribution is -0.0799. The fourth-order valence-electron chi connectivity index (χ4n) is 3.19. The van der Waals surface area contributed by atoms with Crippen molar-refractivity contribution in [1.82, 2.24) is 15.0 Å². The highest BCUT2D eigenvalue weighted by atomic mass is 19.1. The van der Waals surface area contributed by atoms with Gasteiger partial charge in [0.25, 0.3) is 0 Å². The Morgan fingerprint density at radius 2 is 2.14 bits per heavy atom.